The van der Waals surface area contributed by atoms with Crippen molar-refractivity contribution in [2.45, 2.75) is 49.8 Å². The summed E-state index contributed by atoms with van der Waals surface area (Å²) >= 11 is 0. The number of fused-ring (bicyclic) bond motifs is 3. The van der Waals surface area contributed by atoms with Gasteiger partial charge in [0.15, 0.2) is 17.1 Å². The van der Waals surface area contributed by atoms with E-state index < -0.39 is 73.8 Å². The molecule has 1 aromatic heterocycles. The number of carbonyl (C=O) groups excluding carboxylic acids is 3. The number of nitrogens with zero attached hydrogens (tertiary/aromatic N) is 2. The fourth-order valence-corrected chi connectivity index (χ4v) is 7.92. The Hall–Kier alpha value is -4.05. The number of rotatable bonds is 6. The number of aromatic nitrogens is 1. The third-order valence-electron chi connectivity index (χ3n) is 8.39. The van der Waals surface area contributed by atoms with Gasteiger partial charge in [-0.25, -0.2) is 13.1 Å². The van der Waals surface area contributed by atoms with Crippen molar-refractivity contribution in [3.05, 3.63) is 62.9 Å². The number of carbonyl (C=O) groups is 3. The van der Waals surface area contributed by atoms with Gasteiger partial charge in [0.25, 0.3) is 5.91 Å². The SMILES string of the molecule is Cc1noc(C)c1S(=O)(=O)NCc1ccc(O)c2c1C[C@H]1C[C@H]3[C@H](N(C)C)C(O)=C(C(N)=O)C(=O)[C@@]3(O)C(O)=C1C2=O. The van der Waals surface area contributed by atoms with Crippen LogP contribution in [0.1, 0.15) is 39.4 Å². The van der Waals surface area contributed by atoms with Gasteiger partial charge in [-0.1, -0.05) is 11.2 Å². The number of amides is 1. The lowest BCUT2D eigenvalue weighted by atomic mass is 9.58. The van der Waals surface area contributed by atoms with Crippen LogP contribution in [0.25, 0.3) is 0 Å². The maximum Gasteiger partial charge on any atom is 0.255 e. The van der Waals surface area contributed by atoms with Crippen LogP contribution in [0.4, 0.5) is 0 Å². The summed E-state index contributed by atoms with van der Waals surface area (Å²) < 4.78 is 33.5. The molecule has 1 amide bonds. The van der Waals surface area contributed by atoms with Crippen molar-refractivity contribution in [3.63, 3.8) is 0 Å². The molecule has 7 N–H and O–H groups in total. The summed E-state index contributed by atoms with van der Waals surface area (Å²) in [6.07, 6.45) is -0.0724. The number of hydrogen-bond acceptors (Lipinski definition) is 12. The number of Topliss-reactive ketones (excluding diaryl/α,β-unsaturated/α-hetero) is 2. The number of ketones is 2. The molecule has 1 heterocycles. The first-order valence-electron chi connectivity index (χ1n) is 12.9. The Kier molecular flexibility index (Phi) is 6.84. The number of aryl methyl sites for hydroxylation is 2. The first kappa shape index (κ1) is 29.4. The molecule has 0 saturated heterocycles. The van der Waals surface area contributed by atoms with Gasteiger partial charge in [0.1, 0.15) is 33.4 Å². The number of aliphatic hydroxyl groups is 3. The molecule has 0 spiro atoms. The third-order valence-corrected chi connectivity index (χ3v) is 10.0. The fraction of sp³-hybridized carbons (Fsp3) is 0.407. The zero-order valence-corrected chi connectivity index (χ0v) is 23.9. The molecule has 4 atom stereocenters. The van der Waals surface area contributed by atoms with Crippen molar-refractivity contribution in [2.24, 2.45) is 17.6 Å². The van der Waals surface area contributed by atoms with Gasteiger partial charge in [0.2, 0.25) is 15.8 Å². The highest BCUT2D eigenvalue weighted by Crippen LogP contribution is 2.52. The Morgan fingerprint density at radius 2 is 1.88 bits per heavy atom. The monoisotopic (exact) mass is 602 g/mol. The highest BCUT2D eigenvalue weighted by atomic mass is 32.2. The van der Waals surface area contributed by atoms with Gasteiger partial charge in [-0.15, -0.1) is 0 Å². The quantitative estimate of drug-likeness (QED) is 0.243. The smallest absolute Gasteiger partial charge is 0.255 e. The largest absolute Gasteiger partial charge is 0.510 e. The number of nitrogens with two attached hydrogens (primary N) is 1. The molecular weight excluding hydrogens is 572 g/mol. The molecule has 0 fully saturated rings. The summed E-state index contributed by atoms with van der Waals surface area (Å²) in [6.45, 7) is 2.67. The summed E-state index contributed by atoms with van der Waals surface area (Å²) in [5.41, 5.74) is 2.03. The summed E-state index contributed by atoms with van der Waals surface area (Å²) in [7, 11) is -1.00. The summed E-state index contributed by atoms with van der Waals surface area (Å²) in [5, 5.41) is 48.2. The van der Waals surface area contributed by atoms with Crippen LogP contribution >= 0.6 is 0 Å². The van der Waals surface area contributed by atoms with E-state index in [1.165, 1.54) is 45.0 Å². The molecule has 14 nitrogen and oxygen atoms in total. The lowest BCUT2D eigenvalue weighted by Gasteiger charge is -2.50. The van der Waals surface area contributed by atoms with Crippen LogP contribution in [-0.4, -0.2) is 82.1 Å². The third kappa shape index (κ3) is 4.06. The summed E-state index contributed by atoms with van der Waals surface area (Å²) in [4.78, 5) is 40.6. The fourth-order valence-electron chi connectivity index (χ4n) is 6.58. The molecule has 3 aliphatic carbocycles. The van der Waals surface area contributed by atoms with Gasteiger partial charge in [0.05, 0.1) is 11.6 Å². The minimum Gasteiger partial charge on any atom is -0.510 e. The molecular formula is C27H30N4O10S. The molecule has 0 saturated carbocycles. The van der Waals surface area contributed by atoms with E-state index in [2.05, 4.69) is 9.88 Å². The number of sulfonamides is 1. The molecule has 0 aliphatic heterocycles. The number of phenols is 1. The Balaban J connectivity index is 1.60. The van der Waals surface area contributed by atoms with Crippen LogP contribution in [0, 0.1) is 25.7 Å². The van der Waals surface area contributed by atoms with Gasteiger partial charge in [-0.05, 0) is 63.9 Å². The van der Waals surface area contributed by atoms with E-state index in [1.807, 2.05) is 0 Å². The molecule has 3 aliphatic rings. The average molecular weight is 603 g/mol. The van der Waals surface area contributed by atoms with E-state index in [1.54, 1.807) is 0 Å². The molecule has 0 bridgehead atoms. The van der Waals surface area contributed by atoms with Crippen LogP contribution in [0.2, 0.25) is 0 Å². The molecule has 2 aromatic rings. The van der Waals surface area contributed by atoms with Crippen LogP contribution < -0.4 is 10.5 Å². The van der Waals surface area contributed by atoms with Crippen molar-refractivity contribution >= 4 is 27.5 Å². The number of nitrogens with one attached hydrogen (secondary N) is 1. The number of benzene rings is 1. The molecule has 1 aromatic carbocycles. The molecule has 0 unspecified atom stereocenters. The van der Waals surface area contributed by atoms with E-state index in [0.717, 1.165) is 0 Å². The lowest BCUT2D eigenvalue weighted by molar-refractivity contribution is -0.148. The number of primary amides is 1. The Morgan fingerprint density at radius 3 is 2.45 bits per heavy atom. The maximum atomic E-state index is 13.8. The predicted octanol–water partition coefficient (Wildman–Crippen LogP) is 0.204. The van der Waals surface area contributed by atoms with Gasteiger partial charge in [-0.2, -0.15) is 0 Å². The normalized spacial score (nSPS) is 25.9. The van der Waals surface area contributed by atoms with Crippen LogP contribution in [0.15, 0.2) is 44.2 Å². The molecule has 0 radical (unpaired) electrons. The van der Waals surface area contributed by atoms with Crippen molar-refractivity contribution in [1.29, 1.82) is 0 Å². The molecule has 42 heavy (non-hydrogen) atoms. The van der Waals surface area contributed by atoms with Crippen molar-refractivity contribution in [2.75, 3.05) is 14.1 Å². The first-order valence-corrected chi connectivity index (χ1v) is 14.4. The zero-order valence-electron chi connectivity index (χ0n) is 23.1. The first-order chi connectivity index (χ1) is 19.5. The van der Waals surface area contributed by atoms with Crippen LogP contribution in [0.3, 0.4) is 0 Å². The van der Waals surface area contributed by atoms with Crippen molar-refractivity contribution < 1.29 is 47.8 Å². The minimum atomic E-state index is -4.07. The highest BCUT2D eigenvalue weighted by Gasteiger charge is 2.63. The number of allylic oxidation sites excluding steroid dienone is 1. The standard InChI is InChI=1S/C27H30N4O10S/c1-10-23(11(2)41-30-10)42(39,40)29-9-12-5-6-16(32)18-14(12)7-13-8-15-20(31(3)4)22(34)19(26(28)37)25(36)27(15,38)24(35)17(13)21(18)33/h5-6,13,15,20,29,32,34-35,38H,7-9H2,1-4H3,(H2,28,37)/t13-,15-,20-,27-/m0/s1. The Morgan fingerprint density at radius 1 is 1.21 bits per heavy atom. The second kappa shape index (κ2) is 9.76. The zero-order chi connectivity index (χ0) is 31.0. The molecule has 5 rings (SSSR count). The topological polar surface area (TPSA) is 234 Å². The van der Waals surface area contributed by atoms with Gasteiger partial charge in [-0.3, -0.25) is 19.3 Å². The number of aliphatic hydroxyl groups excluding tert-OH is 2. The van der Waals surface area contributed by atoms with Crippen LogP contribution in [0.5, 0.6) is 5.75 Å². The van der Waals surface area contributed by atoms with Crippen molar-refractivity contribution in [1.82, 2.24) is 14.8 Å². The number of likely N-dealkylation sites (N-methyl/N-ethyl adjacent to an activating group) is 1. The van der Waals surface area contributed by atoms with Gasteiger partial charge in [0, 0.05) is 18.0 Å². The highest BCUT2D eigenvalue weighted by molar-refractivity contribution is 7.89. The average Bonchev–Trinajstić information content (AvgIpc) is 3.23. The van der Waals surface area contributed by atoms with E-state index >= 15 is 0 Å². The predicted molar refractivity (Wildman–Crippen MR) is 144 cm³/mol. The number of aromatic hydroxyl groups is 1. The minimum absolute atomic E-state index is 0.0192. The van der Waals surface area contributed by atoms with Gasteiger partial charge < -0.3 is 30.7 Å². The Bertz CT molecular complexity index is 1720. The summed E-state index contributed by atoms with van der Waals surface area (Å²) in [5.74, 6) is -7.48. The van der Waals surface area contributed by atoms with Crippen molar-refractivity contribution in [3.8, 4) is 5.75 Å². The molecule has 224 valence electrons. The second-order valence-corrected chi connectivity index (χ2v) is 12.7. The summed E-state index contributed by atoms with van der Waals surface area (Å²) in [6, 6.07) is 1.54. The van der Waals surface area contributed by atoms with Gasteiger partial charge >= 0.3 is 0 Å². The van der Waals surface area contributed by atoms with Crippen LogP contribution in [-0.2, 0) is 32.6 Å². The number of phenolic OH excluding ortho intramolecular Hbond substituents is 1. The van der Waals surface area contributed by atoms with E-state index in [4.69, 9.17) is 10.3 Å². The molecule has 15 heteroatoms. The second-order valence-electron chi connectivity index (χ2n) is 11.0. The maximum absolute atomic E-state index is 13.8. The van der Waals surface area contributed by atoms with E-state index in [0.29, 0.717) is 11.1 Å². The van der Waals surface area contributed by atoms with E-state index in [9.17, 15) is 43.2 Å². The lowest BCUT2D eigenvalue weighted by Crippen LogP contribution is -2.63. The number of hydrogen-bond donors (Lipinski definition) is 6. The Labute approximate surface area is 240 Å². The van der Waals surface area contributed by atoms with E-state index in [-0.39, 0.29) is 46.9 Å².